The summed E-state index contributed by atoms with van der Waals surface area (Å²) in [7, 11) is 5.65. The van der Waals surface area contributed by atoms with Crippen LogP contribution >= 0.6 is 0 Å². The Morgan fingerprint density at radius 3 is 2.06 bits per heavy atom. The molecule has 0 aliphatic carbocycles. The number of hydrogen-bond donors (Lipinski definition) is 2. The maximum absolute atomic E-state index is 12.5. The van der Waals surface area contributed by atoms with Crippen LogP contribution in [0.1, 0.15) is 22.3 Å². The summed E-state index contributed by atoms with van der Waals surface area (Å²) in [5.41, 5.74) is 1.18. The van der Waals surface area contributed by atoms with E-state index >= 15 is 0 Å². The molecular weight excluding hydrogens is 416 g/mol. The number of carbonyl (C=O) groups is 3. The Bertz CT molecular complexity index is 906. The van der Waals surface area contributed by atoms with E-state index in [2.05, 4.69) is 10.6 Å². The van der Waals surface area contributed by atoms with Gasteiger partial charge in [0.2, 0.25) is 11.7 Å². The van der Waals surface area contributed by atoms with Gasteiger partial charge >= 0.3 is 5.97 Å². The molecule has 0 bridgehead atoms. The van der Waals surface area contributed by atoms with Crippen molar-refractivity contribution in [3.05, 3.63) is 53.6 Å². The lowest BCUT2D eigenvalue weighted by Crippen LogP contribution is -2.44. The number of carbonyl (C=O) groups excluding carboxylic acids is 3. The molecule has 0 radical (unpaired) electrons. The number of hydrogen-bond acceptors (Lipinski definition) is 7. The molecule has 0 aliphatic heterocycles. The van der Waals surface area contributed by atoms with Gasteiger partial charge in [-0.2, -0.15) is 0 Å². The maximum atomic E-state index is 12.5. The lowest BCUT2D eigenvalue weighted by molar-refractivity contribution is -0.145. The Hall–Kier alpha value is -3.75. The summed E-state index contributed by atoms with van der Waals surface area (Å²) < 4.78 is 20.5. The van der Waals surface area contributed by atoms with Gasteiger partial charge in [0, 0.05) is 24.9 Å². The second-order valence-electron chi connectivity index (χ2n) is 6.75. The van der Waals surface area contributed by atoms with E-state index in [1.54, 1.807) is 0 Å². The number of methoxy groups -OCH3 is 4. The summed E-state index contributed by atoms with van der Waals surface area (Å²) in [4.78, 5) is 36.9. The first-order valence-corrected chi connectivity index (χ1v) is 9.92. The van der Waals surface area contributed by atoms with Gasteiger partial charge in [0.25, 0.3) is 5.91 Å². The maximum Gasteiger partial charge on any atom is 0.328 e. The molecule has 2 N–H and O–H groups in total. The average molecular weight is 444 g/mol. The zero-order valence-electron chi connectivity index (χ0n) is 18.6. The van der Waals surface area contributed by atoms with E-state index < -0.39 is 17.9 Å². The summed E-state index contributed by atoms with van der Waals surface area (Å²) in [5.74, 6) is -0.276. The van der Waals surface area contributed by atoms with E-state index in [0.717, 1.165) is 5.56 Å². The second-order valence-corrected chi connectivity index (χ2v) is 6.75. The predicted molar refractivity (Wildman–Crippen MR) is 117 cm³/mol. The summed E-state index contributed by atoms with van der Waals surface area (Å²) >= 11 is 0. The van der Waals surface area contributed by atoms with Crippen molar-refractivity contribution in [2.45, 2.75) is 18.9 Å². The molecule has 0 unspecified atom stereocenters. The first-order chi connectivity index (χ1) is 15.4. The molecule has 0 heterocycles. The molecular formula is C23H28N2O7. The number of nitrogens with one attached hydrogen (secondary N) is 2. The minimum absolute atomic E-state index is 0.0154. The van der Waals surface area contributed by atoms with Gasteiger partial charge in [-0.05, 0) is 17.7 Å². The molecule has 2 amide bonds. The Balaban J connectivity index is 1.95. The third kappa shape index (κ3) is 6.63. The topological polar surface area (TPSA) is 112 Å². The van der Waals surface area contributed by atoms with E-state index in [-0.39, 0.29) is 24.4 Å². The van der Waals surface area contributed by atoms with E-state index in [0.29, 0.717) is 23.7 Å². The largest absolute Gasteiger partial charge is 0.493 e. The summed E-state index contributed by atoms with van der Waals surface area (Å²) in [6, 6.07) is 11.5. The highest BCUT2D eigenvalue weighted by molar-refractivity contribution is 5.96. The van der Waals surface area contributed by atoms with Crippen LogP contribution in [-0.2, 0) is 20.7 Å². The van der Waals surface area contributed by atoms with E-state index in [1.807, 2.05) is 30.3 Å². The van der Waals surface area contributed by atoms with E-state index in [4.69, 9.17) is 18.9 Å². The lowest BCUT2D eigenvalue weighted by Gasteiger charge is -2.17. The summed E-state index contributed by atoms with van der Waals surface area (Å²) in [6.07, 6.45) is 0.287. The highest BCUT2D eigenvalue weighted by Crippen LogP contribution is 2.38. The van der Waals surface area contributed by atoms with Gasteiger partial charge in [-0.3, -0.25) is 9.59 Å². The van der Waals surface area contributed by atoms with Crippen molar-refractivity contribution in [2.24, 2.45) is 0 Å². The minimum Gasteiger partial charge on any atom is -0.493 e. The molecule has 0 aromatic heterocycles. The van der Waals surface area contributed by atoms with E-state index in [9.17, 15) is 14.4 Å². The van der Waals surface area contributed by atoms with Crippen LogP contribution in [-0.4, -0.2) is 58.8 Å². The Kier molecular flexibility index (Phi) is 9.34. The number of esters is 1. The third-order valence-electron chi connectivity index (χ3n) is 4.67. The highest BCUT2D eigenvalue weighted by atomic mass is 16.5. The van der Waals surface area contributed by atoms with Crippen LogP contribution in [0.5, 0.6) is 17.2 Å². The fourth-order valence-corrected chi connectivity index (χ4v) is 3.06. The monoisotopic (exact) mass is 444 g/mol. The van der Waals surface area contributed by atoms with Crippen LogP contribution in [0, 0.1) is 0 Å². The zero-order valence-corrected chi connectivity index (χ0v) is 18.6. The van der Waals surface area contributed by atoms with Gasteiger partial charge in [0.15, 0.2) is 11.5 Å². The van der Waals surface area contributed by atoms with E-state index in [1.165, 1.54) is 40.6 Å². The van der Waals surface area contributed by atoms with Crippen LogP contribution < -0.4 is 24.8 Å². The van der Waals surface area contributed by atoms with Crippen molar-refractivity contribution in [2.75, 3.05) is 35.0 Å². The number of ether oxygens (including phenoxy) is 4. The molecule has 1 atom stereocenters. The molecule has 2 rings (SSSR count). The van der Waals surface area contributed by atoms with Crippen LogP contribution in [0.4, 0.5) is 0 Å². The predicted octanol–water partition coefficient (Wildman–Crippen LogP) is 1.73. The number of amides is 2. The minimum atomic E-state index is -0.819. The molecule has 9 nitrogen and oxygen atoms in total. The summed E-state index contributed by atoms with van der Waals surface area (Å²) in [5, 5.41) is 5.33. The van der Waals surface area contributed by atoms with Gasteiger partial charge in [0.1, 0.15) is 6.04 Å². The average Bonchev–Trinajstić information content (AvgIpc) is 2.82. The Labute approximate surface area is 187 Å². The standard InChI is InChI=1S/C23H28N2O7/c1-29-18-13-16(14-19(30-2)21(18)31-3)22(27)24-11-10-20(26)25-17(23(28)32-4)12-15-8-6-5-7-9-15/h5-9,13-14,17H,10-12H2,1-4H3,(H,24,27)(H,25,26)/t17-/m1/s1. The molecule has 0 spiro atoms. The summed E-state index contributed by atoms with van der Waals surface area (Å²) in [6.45, 7) is 0.0700. The molecule has 172 valence electrons. The second kappa shape index (κ2) is 12.2. The van der Waals surface area contributed by atoms with Crippen LogP contribution in [0.25, 0.3) is 0 Å². The van der Waals surface area contributed by atoms with Gasteiger partial charge < -0.3 is 29.6 Å². The molecule has 0 saturated carbocycles. The van der Waals surface area contributed by atoms with Crippen molar-refractivity contribution in [3.8, 4) is 17.2 Å². The first kappa shape index (κ1) is 24.5. The van der Waals surface area contributed by atoms with Gasteiger partial charge in [0.05, 0.1) is 28.4 Å². The quantitative estimate of drug-likeness (QED) is 0.508. The number of rotatable bonds is 11. The van der Waals surface area contributed by atoms with Gasteiger partial charge in [-0.15, -0.1) is 0 Å². The van der Waals surface area contributed by atoms with Crippen LogP contribution in [0.15, 0.2) is 42.5 Å². The first-order valence-electron chi connectivity index (χ1n) is 9.92. The van der Waals surface area contributed by atoms with Gasteiger partial charge in [-0.1, -0.05) is 30.3 Å². The van der Waals surface area contributed by atoms with Crippen molar-refractivity contribution < 1.29 is 33.3 Å². The molecule has 0 fully saturated rings. The SMILES string of the molecule is COC(=O)[C@@H](Cc1ccccc1)NC(=O)CCNC(=O)c1cc(OC)c(OC)c(OC)c1. The lowest BCUT2D eigenvalue weighted by atomic mass is 10.1. The zero-order chi connectivity index (χ0) is 23.5. The molecule has 2 aromatic rings. The molecule has 0 aliphatic rings. The molecule has 9 heteroatoms. The highest BCUT2D eigenvalue weighted by Gasteiger charge is 2.22. The van der Waals surface area contributed by atoms with Crippen molar-refractivity contribution in [1.29, 1.82) is 0 Å². The smallest absolute Gasteiger partial charge is 0.328 e. The van der Waals surface area contributed by atoms with Gasteiger partial charge in [-0.25, -0.2) is 4.79 Å². The fourth-order valence-electron chi connectivity index (χ4n) is 3.06. The number of benzene rings is 2. The third-order valence-corrected chi connectivity index (χ3v) is 4.67. The normalized spacial score (nSPS) is 11.1. The van der Waals surface area contributed by atoms with Crippen LogP contribution in [0.3, 0.4) is 0 Å². The Morgan fingerprint density at radius 1 is 0.906 bits per heavy atom. The molecule has 0 saturated heterocycles. The van der Waals surface area contributed by atoms with Crippen molar-refractivity contribution >= 4 is 17.8 Å². The Morgan fingerprint density at radius 2 is 1.53 bits per heavy atom. The van der Waals surface area contributed by atoms with Crippen molar-refractivity contribution in [1.82, 2.24) is 10.6 Å². The van der Waals surface area contributed by atoms with Crippen LogP contribution in [0.2, 0.25) is 0 Å². The van der Waals surface area contributed by atoms with Crippen molar-refractivity contribution in [3.63, 3.8) is 0 Å². The molecule has 32 heavy (non-hydrogen) atoms. The fraction of sp³-hybridized carbons (Fsp3) is 0.348. The molecule has 2 aromatic carbocycles.